The Labute approximate surface area is 168 Å². The molecule has 0 N–H and O–H groups in total. The van der Waals surface area contributed by atoms with Gasteiger partial charge in [0.05, 0.1) is 0 Å². The van der Waals surface area contributed by atoms with Gasteiger partial charge in [0, 0.05) is 24.4 Å². The fourth-order valence-electron chi connectivity index (χ4n) is 4.55. The van der Waals surface area contributed by atoms with E-state index in [1.165, 1.54) is 11.9 Å². The number of amides is 2. The minimum atomic E-state index is -0.568. The predicted octanol–water partition coefficient (Wildman–Crippen LogP) is 3.67. The molecule has 1 aliphatic carbocycles. The molecule has 1 unspecified atom stereocenters. The average molecular weight is 405 g/mol. The highest BCUT2D eigenvalue weighted by atomic mass is 35.5. The molecule has 4 rings (SSSR count). The number of nitrogens with zero attached hydrogens (tertiary/aromatic N) is 4. The molecule has 2 amide bonds. The third-order valence-electron chi connectivity index (χ3n) is 5.65. The van der Waals surface area contributed by atoms with Crippen LogP contribution in [-0.2, 0) is 9.59 Å². The van der Waals surface area contributed by atoms with Crippen molar-refractivity contribution >= 4 is 46.6 Å². The van der Waals surface area contributed by atoms with E-state index in [1.54, 1.807) is 17.9 Å². The molecule has 3 aliphatic rings. The molecular weight excluding hydrogens is 384 g/mol. The van der Waals surface area contributed by atoms with Crippen molar-refractivity contribution in [3.8, 4) is 0 Å². The Morgan fingerprint density at radius 3 is 2.41 bits per heavy atom. The summed E-state index contributed by atoms with van der Waals surface area (Å²) in [5, 5.41) is 7.07. The van der Waals surface area contributed by atoms with E-state index in [-0.39, 0.29) is 11.8 Å². The first-order valence-electron chi connectivity index (χ1n) is 9.16. The van der Waals surface area contributed by atoms with Gasteiger partial charge < -0.3 is 0 Å². The van der Waals surface area contributed by atoms with E-state index in [1.807, 2.05) is 23.1 Å². The van der Waals surface area contributed by atoms with Crippen LogP contribution in [0.2, 0.25) is 5.02 Å². The number of hydrazone groups is 1. The lowest BCUT2D eigenvalue weighted by Crippen LogP contribution is -2.53. The summed E-state index contributed by atoms with van der Waals surface area (Å²) in [6, 6.07) is 7.36. The zero-order chi connectivity index (χ0) is 19.3. The largest absolute Gasteiger partial charge is 0.275 e. The first-order chi connectivity index (χ1) is 12.9. The Kier molecular flexibility index (Phi) is 4.47. The average Bonchev–Trinajstić information content (AvgIpc) is 3.12. The van der Waals surface area contributed by atoms with Crippen molar-refractivity contribution in [3.63, 3.8) is 0 Å². The van der Waals surface area contributed by atoms with Crippen molar-refractivity contribution in [3.05, 3.63) is 34.9 Å². The highest BCUT2D eigenvalue weighted by molar-refractivity contribution is 7.80. The fraction of sp³-hybridized carbons (Fsp3) is 0.474. The predicted molar refractivity (Wildman–Crippen MR) is 107 cm³/mol. The normalized spacial score (nSPS) is 23.7. The van der Waals surface area contributed by atoms with Crippen LogP contribution in [0.3, 0.4) is 0 Å². The molecule has 0 bridgehead atoms. The third-order valence-corrected chi connectivity index (χ3v) is 6.37. The Morgan fingerprint density at radius 2 is 1.81 bits per heavy atom. The fourth-order valence-corrected chi connectivity index (χ4v) is 5.27. The summed E-state index contributed by atoms with van der Waals surface area (Å²) >= 11 is 12.2. The highest BCUT2D eigenvalue weighted by Gasteiger charge is 2.61. The summed E-state index contributed by atoms with van der Waals surface area (Å²) in [5.41, 5.74) is 0.178. The molecule has 0 radical (unpaired) electrons. The summed E-state index contributed by atoms with van der Waals surface area (Å²) in [6.45, 7) is 3.02. The summed E-state index contributed by atoms with van der Waals surface area (Å²) in [6.07, 6.45) is 4.14. The number of carbonyl (C=O) groups excluding carboxylic acids is 2. The van der Waals surface area contributed by atoms with Gasteiger partial charge in [0.25, 0.3) is 0 Å². The van der Waals surface area contributed by atoms with Crippen molar-refractivity contribution in [2.24, 2.45) is 5.10 Å². The number of hydrogen-bond donors (Lipinski definition) is 0. The van der Waals surface area contributed by atoms with Gasteiger partial charge in [-0.05, 0) is 31.1 Å². The van der Waals surface area contributed by atoms with Crippen LogP contribution in [-0.4, -0.2) is 43.1 Å². The number of halogens is 1. The van der Waals surface area contributed by atoms with E-state index in [2.05, 4.69) is 0 Å². The third kappa shape index (κ3) is 2.59. The van der Waals surface area contributed by atoms with Crippen molar-refractivity contribution in [2.45, 2.75) is 57.7 Å². The zero-order valence-corrected chi connectivity index (χ0v) is 16.9. The van der Waals surface area contributed by atoms with E-state index >= 15 is 0 Å². The topological polar surface area (TPSA) is 56.2 Å². The lowest BCUT2D eigenvalue weighted by molar-refractivity contribution is -0.132. The quantitative estimate of drug-likeness (QED) is 0.670. The number of rotatable bonds is 1. The zero-order valence-electron chi connectivity index (χ0n) is 15.3. The Hall–Kier alpha value is -1.99. The Bertz CT molecular complexity index is 865. The van der Waals surface area contributed by atoms with Crippen LogP contribution in [0.4, 0.5) is 0 Å². The molecule has 142 valence electrons. The van der Waals surface area contributed by atoms with Gasteiger partial charge in [0.15, 0.2) is 17.1 Å². The number of benzene rings is 1. The molecule has 2 aliphatic heterocycles. The second kappa shape index (κ2) is 6.56. The van der Waals surface area contributed by atoms with Crippen LogP contribution in [0.5, 0.6) is 0 Å². The minimum Gasteiger partial charge on any atom is -0.275 e. The molecule has 2 heterocycles. The van der Waals surface area contributed by atoms with Crippen LogP contribution in [0.15, 0.2) is 29.4 Å². The second-order valence-electron chi connectivity index (χ2n) is 7.28. The lowest BCUT2D eigenvalue weighted by Gasteiger charge is -2.38. The molecule has 1 aromatic rings. The second-order valence-corrected chi connectivity index (χ2v) is 8.05. The number of thiocarbonyl (C=S) groups is 1. The molecule has 1 spiro atoms. The molecule has 1 aromatic carbocycles. The standard InChI is InChI=1S/C19H21ClN4O2S/c1-12(25)23-18(27)22-16(14-8-4-5-9-15(14)20)24(13(2)26)21-17(22)19(23)10-6-3-7-11-19/h4-5,8-9,16H,3,6-7,10-11H2,1-2H3. The van der Waals surface area contributed by atoms with E-state index in [0.29, 0.717) is 16.0 Å². The van der Waals surface area contributed by atoms with Crippen molar-refractivity contribution in [1.29, 1.82) is 0 Å². The van der Waals surface area contributed by atoms with Gasteiger partial charge >= 0.3 is 0 Å². The maximum atomic E-state index is 12.5. The maximum absolute atomic E-state index is 12.5. The van der Waals surface area contributed by atoms with Gasteiger partial charge in [0.2, 0.25) is 11.8 Å². The van der Waals surface area contributed by atoms with E-state index in [9.17, 15) is 9.59 Å². The maximum Gasteiger partial charge on any atom is 0.241 e. The van der Waals surface area contributed by atoms with Crippen molar-refractivity contribution < 1.29 is 9.59 Å². The van der Waals surface area contributed by atoms with Gasteiger partial charge in [-0.2, -0.15) is 5.10 Å². The van der Waals surface area contributed by atoms with E-state index < -0.39 is 11.7 Å². The highest BCUT2D eigenvalue weighted by Crippen LogP contribution is 2.48. The number of fused-ring (bicyclic) bond motifs is 2. The molecule has 2 fully saturated rings. The van der Waals surface area contributed by atoms with Crippen LogP contribution in [0.25, 0.3) is 0 Å². The van der Waals surface area contributed by atoms with Crippen LogP contribution >= 0.6 is 23.8 Å². The Balaban J connectivity index is 1.89. The summed E-state index contributed by atoms with van der Waals surface area (Å²) in [7, 11) is 0. The number of hydrogen-bond acceptors (Lipinski definition) is 4. The molecule has 8 heteroatoms. The van der Waals surface area contributed by atoms with Crippen LogP contribution < -0.4 is 0 Å². The van der Waals surface area contributed by atoms with Gasteiger partial charge in [-0.1, -0.05) is 49.1 Å². The van der Waals surface area contributed by atoms with Gasteiger partial charge in [-0.3, -0.25) is 19.4 Å². The van der Waals surface area contributed by atoms with Crippen molar-refractivity contribution in [2.75, 3.05) is 0 Å². The first-order valence-corrected chi connectivity index (χ1v) is 9.94. The lowest BCUT2D eigenvalue weighted by atomic mass is 9.80. The van der Waals surface area contributed by atoms with Crippen molar-refractivity contribution in [1.82, 2.24) is 14.8 Å². The van der Waals surface area contributed by atoms with Crippen LogP contribution in [0, 0.1) is 0 Å². The first kappa shape index (κ1) is 18.4. The monoisotopic (exact) mass is 404 g/mol. The van der Waals surface area contributed by atoms with Gasteiger partial charge in [-0.25, -0.2) is 5.01 Å². The minimum absolute atomic E-state index is 0.0914. The number of amidine groups is 1. The molecule has 1 saturated heterocycles. The summed E-state index contributed by atoms with van der Waals surface area (Å²) in [4.78, 5) is 28.5. The molecule has 6 nitrogen and oxygen atoms in total. The molecule has 0 aromatic heterocycles. The molecule has 1 atom stereocenters. The Morgan fingerprint density at radius 1 is 1.15 bits per heavy atom. The van der Waals surface area contributed by atoms with Gasteiger partial charge in [-0.15, -0.1) is 0 Å². The molecule has 1 saturated carbocycles. The van der Waals surface area contributed by atoms with Crippen LogP contribution in [0.1, 0.15) is 57.7 Å². The molecular formula is C19H21ClN4O2S. The number of carbonyl (C=O) groups is 2. The molecule has 27 heavy (non-hydrogen) atoms. The smallest absolute Gasteiger partial charge is 0.241 e. The van der Waals surface area contributed by atoms with Gasteiger partial charge in [0.1, 0.15) is 5.54 Å². The summed E-state index contributed by atoms with van der Waals surface area (Å²) in [5.74, 6) is 0.416. The van der Waals surface area contributed by atoms with E-state index in [0.717, 1.165) is 37.7 Å². The van der Waals surface area contributed by atoms with E-state index in [4.69, 9.17) is 28.9 Å². The SMILES string of the molecule is CC(=O)N1N=C2N(C(=S)N(C(C)=O)C23CCCCC3)C1c1ccccc1Cl. The summed E-state index contributed by atoms with van der Waals surface area (Å²) < 4.78 is 0.